The van der Waals surface area contributed by atoms with Gasteiger partial charge in [0.05, 0.1) is 35.9 Å². The Bertz CT molecular complexity index is 1560. The van der Waals surface area contributed by atoms with Crippen LogP contribution in [0.4, 0.5) is 0 Å². The van der Waals surface area contributed by atoms with Gasteiger partial charge in [-0.2, -0.15) is 4.31 Å². The number of sulfonamides is 1. The molecule has 6 rings (SSSR count). The molecule has 3 aliphatic rings. The number of thiophene rings is 1. The van der Waals surface area contributed by atoms with Gasteiger partial charge in [-0.15, -0.1) is 22.7 Å². The van der Waals surface area contributed by atoms with Crippen molar-refractivity contribution in [3.05, 3.63) is 50.1 Å². The Balaban J connectivity index is 1.27. The highest BCUT2D eigenvalue weighted by Crippen LogP contribution is 2.34. The summed E-state index contributed by atoms with van der Waals surface area (Å²) in [4.78, 5) is 35.8. The average molecular weight is 640 g/mol. The Morgan fingerprint density at radius 2 is 1.95 bits per heavy atom. The van der Waals surface area contributed by atoms with Crippen molar-refractivity contribution in [3.8, 4) is 0 Å². The molecule has 0 radical (unpaired) electrons. The van der Waals surface area contributed by atoms with Crippen LogP contribution in [0.3, 0.4) is 0 Å². The topological polar surface area (TPSA) is 128 Å². The number of morpholine rings is 1. The molecule has 0 spiro atoms. The number of nitrogens with zero attached hydrogens (tertiary/aromatic N) is 4. The van der Waals surface area contributed by atoms with Crippen LogP contribution in [-0.2, 0) is 32.5 Å². The van der Waals surface area contributed by atoms with E-state index < -0.39 is 16.1 Å². The highest BCUT2D eigenvalue weighted by Gasteiger charge is 2.40. The van der Waals surface area contributed by atoms with Crippen molar-refractivity contribution in [1.29, 1.82) is 0 Å². The van der Waals surface area contributed by atoms with Gasteiger partial charge in [0.15, 0.2) is 5.01 Å². The molecule has 5 heterocycles. The van der Waals surface area contributed by atoms with Crippen LogP contribution in [-0.4, -0.2) is 97.3 Å². The summed E-state index contributed by atoms with van der Waals surface area (Å²) in [5, 5.41) is 14.0. The lowest BCUT2D eigenvalue weighted by Gasteiger charge is -2.41. The number of carbonyl (C=O) groups is 2. The van der Waals surface area contributed by atoms with Crippen molar-refractivity contribution >= 4 is 66.2 Å². The molecule has 2 amide bonds. The van der Waals surface area contributed by atoms with Gasteiger partial charge in [-0.05, 0) is 30.5 Å². The van der Waals surface area contributed by atoms with Crippen molar-refractivity contribution < 1.29 is 27.8 Å². The first-order chi connectivity index (χ1) is 19.6. The summed E-state index contributed by atoms with van der Waals surface area (Å²) in [5.41, 5.74) is 0.775. The number of benzene rings is 1. The number of aromatic nitrogens is 1. The third-order valence-electron chi connectivity index (χ3n) is 7.88. The van der Waals surface area contributed by atoms with Crippen LogP contribution < -0.4 is 5.06 Å². The van der Waals surface area contributed by atoms with Gasteiger partial charge in [0.25, 0.3) is 15.9 Å². The molecule has 2 fully saturated rings. The van der Waals surface area contributed by atoms with Gasteiger partial charge in [0.1, 0.15) is 10.8 Å². The fourth-order valence-electron chi connectivity index (χ4n) is 5.50. The lowest BCUT2D eigenvalue weighted by atomic mass is 10.1. The van der Waals surface area contributed by atoms with E-state index in [0.29, 0.717) is 37.7 Å². The van der Waals surface area contributed by atoms with E-state index in [1.807, 2.05) is 6.92 Å². The number of rotatable bonds is 5. The summed E-state index contributed by atoms with van der Waals surface area (Å²) in [6.07, 6.45) is 0.490. The Labute approximate surface area is 250 Å². The molecule has 11 nitrogen and oxygen atoms in total. The Morgan fingerprint density at radius 1 is 1.17 bits per heavy atom. The van der Waals surface area contributed by atoms with E-state index in [0.717, 1.165) is 32.0 Å². The zero-order chi connectivity index (χ0) is 28.9. The third-order valence-corrected chi connectivity index (χ3v) is 12.6. The molecule has 1 N–H and O–H groups in total. The second-order valence-corrected chi connectivity index (χ2v) is 15.4. The molecule has 0 aliphatic carbocycles. The van der Waals surface area contributed by atoms with E-state index in [2.05, 4.69) is 4.98 Å². The lowest BCUT2D eigenvalue weighted by molar-refractivity contribution is -0.889. The molecule has 3 unspecified atom stereocenters. The minimum absolute atomic E-state index is 0.0135. The van der Waals surface area contributed by atoms with Crippen molar-refractivity contribution in [2.45, 2.75) is 42.6 Å². The van der Waals surface area contributed by atoms with E-state index in [1.165, 1.54) is 15.6 Å². The first-order valence-corrected chi connectivity index (χ1v) is 16.9. The summed E-state index contributed by atoms with van der Waals surface area (Å²) < 4.78 is 35.2. The van der Waals surface area contributed by atoms with Gasteiger partial charge in [-0.25, -0.2) is 13.4 Å². The Kier molecular flexibility index (Phi) is 8.11. The second-order valence-electron chi connectivity index (χ2n) is 10.6. The fourth-order valence-corrected chi connectivity index (χ4v) is 9.85. The summed E-state index contributed by atoms with van der Waals surface area (Å²) >= 11 is 8.48. The first kappa shape index (κ1) is 28.9. The van der Waals surface area contributed by atoms with Crippen LogP contribution in [0.1, 0.15) is 33.7 Å². The van der Waals surface area contributed by atoms with E-state index >= 15 is 0 Å². The van der Waals surface area contributed by atoms with Crippen molar-refractivity contribution in [1.82, 2.24) is 19.1 Å². The molecule has 3 atom stereocenters. The highest BCUT2D eigenvalue weighted by molar-refractivity contribution is 7.91. The summed E-state index contributed by atoms with van der Waals surface area (Å²) in [6, 6.07) is 6.08. The minimum atomic E-state index is -3.88. The van der Waals surface area contributed by atoms with E-state index in [-0.39, 0.29) is 64.7 Å². The number of hydrogen-bond donors (Lipinski definition) is 1. The maximum absolute atomic E-state index is 13.8. The van der Waals surface area contributed by atoms with Crippen LogP contribution in [0, 0.1) is 5.21 Å². The average Bonchev–Trinajstić information content (AvgIpc) is 3.57. The van der Waals surface area contributed by atoms with Crippen molar-refractivity contribution in [2.75, 3.05) is 45.9 Å². The van der Waals surface area contributed by atoms with Crippen molar-refractivity contribution in [2.24, 2.45) is 0 Å². The van der Waals surface area contributed by atoms with Gasteiger partial charge < -0.3 is 24.8 Å². The number of carbonyl (C=O) groups excluding carboxylic acids is 2. The van der Waals surface area contributed by atoms with Gasteiger partial charge >= 0.3 is 0 Å². The largest absolute Gasteiger partial charge is 0.634 e. The molecule has 1 aromatic carbocycles. The number of hydroxylamine groups is 2. The molecule has 0 saturated carbocycles. The Hall–Kier alpha value is -2.17. The summed E-state index contributed by atoms with van der Waals surface area (Å²) in [6.45, 7) is 4.13. The van der Waals surface area contributed by atoms with Crippen molar-refractivity contribution in [3.63, 3.8) is 0 Å². The zero-order valence-corrected chi connectivity index (χ0v) is 25.6. The minimum Gasteiger partial charge on any atom is -0.634 e. The molecule has 0 bridgehead atoms. The molecule has 15 heteroatoms. The van der Waals surface area contributed by atoms with Gasteiger partial charge in [0.2, 0.25) is 5.91 Å². The van der Waals surface area contributed by atoms with Crippen LogP contribution in [0.2, 0.25) is 5.02 Å². The second kappa shape index (κ2) is 11.5. The summed E-state index contributed by atoms with van der Waals surface area (Å²) in [5.74, 6) is -0.484. The maximum Gasteiger partial charge on any atom is 0.283 e. The number of hydrogen-bond acceptors (Lipinski definition) is 9. The lowest BCUT2D eigenvalue weighted by Crippen LogP contribution is -3.10. The van der Waals surface area contributed by atoms with Crippen LogP contribution in [0.15, 0.2) is 28.5 Å². The monoisotopic (exact) mass is 639 g/mol. The SMILES string of the molecule is CC1Cc2nc(C(=O)N3CCN(S(=O)(=O)c4cc5ccc(Cl)cc5s4)CC3CC(=O)N3CCOCC3)sc2C[NH+]1[O-]. The predicted molar refractivity (Wildman–Crippen MR) is 156 cm³/mol. The molecule has 2 saturated heterocycles. The molecular weight excluding hydrogens is 610 g/mol. The van der Waals surface area contributed by atoms with Crippen LogP contribution >= 0.6 is 34.3 Å². The third kappa shape index (κ3) is 5.76. The normalized spacial score (nSPS) is 24.0. The highest BCUT2D eigenvalue weighted by atomic mass is 35.5. The van der Waals surface area contributed by atoms with E-state index in [1.54, 1.807) is 34.1 Å². The molecule has 41 heavy (non-hydrogen) atoms. The number of ether oxygens (including phenoxy) is 1. The standard InChI is InChI=1S/C26H30ClN5O6S3/c1-16-10-20-22(15-32(16)35)40-25(28-20)26(34)31-5-4-30(14-19(31)13-23(33)29-6-8-38-9-7-29)41(36,37)24-11-17-2-3-18(27)12-21(17)39-24/h2-3,11-12,16,19,32H,4-10,13-15H2,1H3. The Morgan fingerprint density at radius 3 is 2.73 bits per heavy atom. The quantitative estimate of drug-likeness (QED) is 0.420. The molecule has 2 aromatic heterocycles. The number of nitrogens with one attached hydrogen (secondary N) is 1. The van der Waals surface area contributed by atoms with Gasteiger partial charge in [0, 0.05) is 55.3 Å². The number of quaternary nitrogens is 1. The van der Waals surface area contributed by atoms with Crippen LogP contribution in [0.5, 0.6) is 0 Å². The number of piperazine rings is 1. The van der Waals surface area contributed by atoms with Gasteiger partial charge in [-0.3, -0.25) is 9.59 Å². The number of halogens is 1. The fraction of sp³-hybridized carbons (Fsp3) is 0.500. The molecule has 3 aromatic rings. The number of fused-ring (bicyclic) bond motifs is 2. The predicted octanol–water partition coefficient (Wildman–Crippen LogP) is 1.60. The molecular formula is C26H30ClN5O6S3. The zero-order valence-electron chi connectivity index (χ0n) is 22.4. The van der Waals surface area contributed by atoms with E-state index in [9.17, 15) is 23.2 Å². The van der Waals surface area contributed by atoms with E-state index in [4.69, 9.17) is 16.3 Å². The number of amides is 2. The summed E-state index contributed by atoms with van der Waals surface area (Å²) in [7, 11) is -3.88. The molecule has 220 valence electrons. The smallest absolute Gasteiger partial charge is 0.283 e. The maximum atomic E-state index is 13.8. The number of thiazole rings is 1. The molecule has 3 aliphatic heterocycles. The van der Waals surface area contributed by atoms with Gasteiger partial charge in [-0.1, -0.05) is 17.7 Å². The first-order valence-electron chi connectivity index (χ1n) is 13.5. The van der Waals surface area contributed by atoms with Crippen LogP contribution in [0.25, 0.3) is 10.1 Å².